The third kappa shape index (κ3) is 3.05. The van der Waals surface area contributed by atoms with Crippen molar-refractivity contribution < 1.29 is 5.11 Å². The summed E-state index contributed by atoms with van der Waals surface area (Å²) in [7, 11) is 0. The second kappa shape index (κ2) is 5.44. The summed E-state index contributed by atoms with van der Waals surface area (Å²) >= 11 is 3.48. The summed E-state index contributed by atoms with van der Waals surface area (Å²) in [5, 5.41) is 12.9. The molecule has 1 atom stereocenters. The highest BCUT2D eigenvalue weighted by Gasteiger charge is 2.06. The van der Waals surface area contributed by atoms with Crippen LogP contribution in [0.25, 0.3) is 0 Å². The molecule has 0 aliphatic rings. The molecule has 0 heterocycles. The number of phenols is 1. The van der Waals surface area contributed by atoms with Crippen LogP contribution >= 0.6 is 15.9 Å². The molecule has 0 saturated heterocycles. The number of benzene rings is 2. The van der Waals surface area contributed by atoms with E-state index in [-0.39, 0.29) is 6.04 Å². The van der Waals surface area contributed by atoms with E-state index in [9.17, 15) is 5.11 Å². The summed E-state index contributed by atoms with van der Waals surface area (Å²) in [5.74, 6) is 0.329. The van der Waals surface area contributed by atoms with Crippen LogP contribution in [0.2, 0.25) is 0 Å². The van der Waals surface area contributed by atoms with Gasteiger partial charge in [-0.15, -0.1) is 0 Å². The third-order valence-electron chi connectivity index (χ3n) is 2.93. The van der Waals surface area contributed by atoms with E-state index in [1.54, 1.807) is 6.07 Å². The fourth-order valence-electron chi connectivity index (χ4n) is 1.85. The first-order valence-corrected chi connectivity index (χ1v) is 6.67. The Morgan fingerprint density at radius 1 is 1.17 bits per heavy atom. The van der Waals surface area contributed by atoms with Gasteiger partial charge in [0.15, 0.2) is 0 Å². The molecule has 0 bridgehead atoms. The highest BCUT2D eigenvalue weighted by molar-refractivity contribution is 9.10. The lowest BCUT2D eigenvalue weighted by Crippen LogP contribution is -2.06. The highest BCUT2D eigenvalue weighted by Crippen LogP contribution is 2.25. The molecule has 18 heavy (non-hydrogen) atoms. The van der Waals surface area contributed by atoms with Crippen LogP contribution in [-0.4, -0.2) is 5.11 Å². The number of nitrogens with one attached hydrogen (secondary N) is 1. The first-order chi connectivity index (χ1) is 8.56. The van der Waals surface area contributed by atoms with Crippen LogP contribution in [0.5, 0.6) is 5.75 Å². The second-order valence-corrected chi connectivity index (χ2v) is 5.34. The molecule has 1 unspecified atom stereocenters. The SMILES string of the molecule is Cc1cc(NC(C)c2cccc(Br)c2)ccc1O. The third-order valence-corrected chi connectivity index (χ3v) is 3.42. The summed E-state index contributed by atoms with van der Waals surface area (Å²) in [6.07, 6.45) is 0. The van der Waals surface area contributed by atoms with Gasteiger partial charge in [0, 0.05) is 16.2 Å². The van der Waals surface area contributed by atoms with E-state index in [0.29, 0.717) is 5.75 Å². The molecule has 2 rings (SSSR count). The maximum absolute atomic E-state index is 9.50. The lowest BCUT2D eigenvalue weighted by molar-refractivity contribution is 0.471. The molecule has 0 aromatic heterocycles. The van der Waals surface area contributed by atoms with Crippen LogP contribution in [0, 0.1) is 6.92 Å². The molecular formula is C15H16BrNO. The topological polar surface area (TPSA) is 32.3 Å². The Bertz CT molecular complexity index is 554. The smallest absolute Gasteiger partial charge is 0.118 e. The average Bonchev–Trinajstić information content (AvgIpc) is 2.34. The summed E-state index contributed by atoms with van der Waals surface area (Å²) < 4.78 is 1.08. The van der Waals surface area contributed by atoms with E-state index in [1.165, 1.54) is 5.56 Å². The minimum absolute atomic E-state index is 0.214. The second-order valence-electron chi connectivity index (χ2n) is 4.42. The predicted octanol–water partition coefficient (Wildman–Crippen LogP) is 4.64. The van der Waals surface area contributed by atoms with Crippen molar-refractivity contribution in [1.82, 2.24) is 0 Å². The van der Waals surface area contributed by atoms with E-state index in [2.05, 4.69) is 40.3 Å². The summed E-state index contributed by atoms with van der Waals surface area (Å²) in [5.41, 5.74) is 3.11. The maximum Gasteiger partial charge on any atom is 0.118 e. The Balaban J connectivity index is 2.16. The molecule has 3 heteroatoms. The van der Waals surface area contributed by atoms with E-state index < -0.39 is 0 Å². The van der Waals surface area contributed by atoms with Crippen LogP contribution in [0.1, 0.15) is 24.1 Å². The van der Waals surface area contributed by atoms with Crippen LogP contribution < -0.4 is 5.32 Å². The van der Waals surface area contributed by atoms with Crippen molar-refractivity contribution in [3.63, 3.8) is 0 Å². The van der Waals surface area contributed by atoms with Crippen molar-refractivity contribution in [2.75, 3.05) is 5.32 Å². The van der Waals surface area contributed by atoms with Gasteiger partial charge in [-0.2, -0.15) is 0 Å². The average molecular weight is 306 g/mol. The standard InChI is InChI=1S/C15H16BrNO/c1-10-8-14(6-7-15(10)18)17-11(2)12-4-3-5-13(16)9-12/h3-9,11,17-18H,1-2H3. The van der Waals surface area contributed by atoms with E-state index in [0.717, 1.165) is 15.7 Å². The van der Waals surface area contributed by atoms with Gasteiger partial charge in [0.05, 0.1) is 0 Å². The number of hydrogen-bond donors (Lipinski definition) is 2. The summed E-state index contributed by atoms with van der Waals surface area (Å²) in [6.45, 7) is 4.01. The van der Waals surface area contributed by atoms with Crippen LogP contribution in [0.15, 0.2) is 46.9 Å². The molecule has 2 nitrogen and oxygen atoms in total. The van der Waals surface area contributed by atoms with Gasteiger partial charge in [-0.25, -0.2) is 0 Å². The molecule has 2 aromatic rings. The van der Waals surface area contributed by atoms with Gasteiger partial charge in [-0.3, -0.25) is 0 Å². The lowest BCUT2D eigenvalue weighted by Gasteiger charge is -2.16. The van der Waals surface area contributed by atoms with Gasteiger partial charge in [-0.05, 0) is 55.3 Å². The molecule has 0 radical (unpaired) electrons. The molecule has 0 saturated carbocycles. The van der Waals surface area contributed by atoms with Gasteiger partial charge in [-0.1, -0.05) is 28.1 Å². The summed E-state index contributed by atoms with van der Waals surface area (Å²) in [6, 6.07) is 14.0. The minimum Gasteiger partial charge on any atom is -0.508 e. The Labute approximate surface area is 116 Å². The molecule has 0 amide bonds. The van der Waals surface area contributed by atoms with Crippen molar-refractivity contribution in [2.45, 2.75) is 19.9 Å². The fraction of sp³-hybridized carbons (Fsp3) is 0.200. The van der Waals surface area contributed by atoms with Crippen LogP contribution in [0.3, 0.4) is 0 Å². The number of aromatic hydroxyl groups is 1. The molecule has 0 aliphatic heterocycles. The van der Waals surface area contributed by atoms with Gasteiger partial charge in [0.1, 0.15) is 5.75 Å². The molecule has 0 fully saturated rings. The van der Waals surface area contributed by atoms with Gasteiger partial charge in [0.25, 0.3) is 0 Å². The molecule has 2 aromatic carbocycles. The van der Waals surface area contributed by atoms with Gasteiger partial charge >= 0.3 is 0 Å². The minimum atomic E-state index is 0.214. The number of phenolic OH excluding ortho intramolecular Hbond substituents is 1. The van der Waals surface area contributed by atoms with Crippen molar-refractivity contribution >= 4 is 21.6 Å². The Kier molecular flexibility index (Phi) is 3.92. The zero-order chi connectivity index (χ0) is 13.1. The van der Waals surface area contributed by atoms with Crippen molar-refractivity contribution in [3.05, 3.63) is 58.1 Å². The first-order valence-electron chi connectivity index (χ1n) is 5.88. The van der Waals surface area contributed by atoms with Crippen LogP contribution in [-0.2, 0) is 0 Å². The van der Waals surface area contributed by atoms with Crippen molar-refractivity contribution in [3.8, 4) is 5.75 Å². The summed E-state index contributed by atoms with van der Waals surface area (Å²) in [4.78, 5) is 0. The quantitative estimate of drug-likeness (QED) is 0.810. The monoisotopic (exact) mass is 305 g/mol. The molecule has 2 N–H and O–H groups in total. The van der Waals surface area contributed by atoms with Crippen molar-refractivity contribution in [1.29, 1.82) is 0 Å². The van der Waals surface area contributed by atoms with E-state index >= 15 is 0 Å². The van der Waals surface area contributed by atoms with Crippen LogP contribution in [0.4, 0.5) is 5.69 Å². The Morgan fingerprint density at radius 2 is 1.94 bits per heavy atom. The highest BCUT2D eigenvalue weighted by atomic mass is 79.9. The van der Waals surface area contributed by atoms with Gasteiger partial charge < -0.3 is 10.4 Å². The molecule has 94 valence electrons. The number of aryl methyl sites for hydroxylation is 1. The normalized spacial score (nSPS) is 12.2. The number of anilines is 1. The van der Waals surface area contributed by atoms with Gasteiger partial charge in [0.2, 0.25) is 0 Å². The number of rotatable bonds is 3. The zero-order valence-corrected chi connectivity index (χ0v) is 12.0. The van der Waals surface area contributed by atoms with Crippen molar-refractivity contribution in [2.24, 2.45) is 0 Å². The predicted molar refractivity (Wildman–Crippen MR) is 79.0 cm³/mol. The lowest BCUT2D eigenvalue weighted by atomic mass is 10.1. The Morgan fingerprint density at radius 3 is 2.61 bits per heavy atom. The maximum atomic E-state index is 9.50. The van der Waals surface area contributed by atoms with E-state index in [4.69, 9.17) is 0 Å². The molecular weight excluding hydrogens is 290 g/mol. The fourth-order valence-corrected chi connectivity index (χ4v) is 2.27. The van der Waals surface area contributed by atoms with E-state index in [1.807, 2.05) is 31.2 Å². The zero-order valence-electron chi connectivity index (χ0n) is 10.4. The molecule has 0 aliphatic carbocycles. The molecule has 0 spiro atoms. The largest absolute Gasteiger partial charge is 0.508 e. The first kappa shape index (κ1) is 13.0. The number of halogens is 1. The Hall–Kier alpha value is -1.48. The number of hydrogen-bond acceptors (Lipinski definition) is 2.